The molecule has 19 heavy (non-hydrogen) atoms. The van der Waals surface area contributed by atoms with Crippen molar-refractivity contribution in [3.05, 3.63) is 23.8 Å². The van der Waals surface area contributed by atoms with Crippen LogP contribution in [0.5, 0.6) is 11.5 Å². The summed E-state index contributed by atoms with van der Waals surface area (Å²) in [7, 11) is 2.97. The SMILES string of the molecule is COc1ccc(C(=O)C(C)C(C)C(=O)O)c(OC)c1. The van der Waals surface area contributed by atoms with E-state index in [9.17, 15) is 9.59 Å². The van der Waals surface area contributed by atoms with Gasteiger partial charge in [0.05, 0.1) is 25.7 Å². The van der Waals surface area contributed by atoms with E-state index in [0.717, 1.165) is 0 Å². The molecule has 5 nitrogen and oxygen atoms in total. The molecule has 0 aliphatic rings. The van der Waals surface area contributed by atoms with Gasteiger partial charge >= 0.3 is 5.97 Å². The maximum absolute atomic E-state index is 12.3. The van der Waals surface area contributed by atoms with Gasteiger partial charge in [0.15, 0.2) is 5.78 Å². The Balaban J connectivity index is 3.08. The lowest BCUT2D eigenvalue weighted by molar-refractivity contribution is -0.142. The molecule has 0 fully saturated rings. The minimum Gasteiger partial charge on any atom is -0.497 e. The van der Waals surface area contributed by atoms with E-state index in [-0.39, 0.29) is 5.78 Å². The first-order chi connectivity index (χ1) is 8.92. The molecule has 0 heterocycles. The number of Topliss-reactive ketones (excluding diaryl/α,β-unsaturated/α-hetero) is 1. The van der Waals surface area contributed by atoms with Gasteiger partial charge in [-0.1, -0.05) is 13.8 Å². The van der Waals surface area contributed by atoms with Crippen molar-refractivity contribution in [2.75, 3.05) is 14.2 Å². The summed E-state index contributed by atoms with van der Waals surface area (Å²) in [6.07, 6.45) is 0. The molecule has 5 heteroatoms. The zero-order valence-electron chi connectivity index (χ0n) is 11.5. The van der Waals surface area contributed by atoms with E-state index in [1.54, 1.807) is 25.1 Å². The Bertz CT molecular complexity index is 481. The number of aliphatic carboxylic acids is 1. The molecule has 0 saturated carbocycles. The van der Waals surface area contributed by atoms with E-state index in [1.807, 2.05) is 0 Å². The third-order valence-electron chi connectivity index (χ3n) is 3.23. The molecule has 0 bridgehead atoms. The number of methoxy groups -OCH3 is 2. The van der Waals surface area contributed by atoms with Crippen LogP contribution < -0.4 is 9.47 Å². The largest absolute Gasteiger partial charge is 0.497 e. The predicted molar refractivity (Wildman–Crippen MR) is 69.8 cm³/mol. The molecule has 0 aliphatic heterocycles. The van der Waals surface area contributed by atoms with Gasteiger partial charge < -0.3 is 14.6 Å². The van der Waals surface area contributed by atoms with Crippen LogP contribution in [0.2, 0.25) is 0 Å². The average molecular weight is 266 g/mol. The van der Waals surface area contributed by atoms with Crippen LogP contribution >= 0.6 is 0 Å². The zero-order chi connectivity index (χ0) is 14.6. The van der Waals surface area contributed by atoms with E-state index < -0.39 is 17.8 Å². The Kier molecular flexibility index (Phi) is 4.92. The molecular weight excluding hydrogens is 248 g/mol. The summed E-state index contributed by atoms with van der Waals surface area (Å²) in [5.74, 6) is -1.66. The third-order valence-corrected chi connectivity index (χ3v) is 3.23. The number of hydrogen-bond donors (Lipinski definition) is 1. The van der Waals surface area contributed by atoms with Crippen LogP contribution in [0.4, 0.5) is 0 Å². The fraction of sp³-hybridized carbons (Fsp3) is 0.429. The van der Waals surface area contributed by atoms with Gasteiger partial charge in [-0.3, -0.25) is 9.59 Å². The zero-order valence-corrected chi connectivity index (χ0v) is 11.5. The molecule has 0 aromatic heterocycles. The van der Waals surface area contributed by atoms with E-state index >= 15 is 0 Å². The van der Waals surface area contributed by atoms with Crippen LogP contribution in [0, 0.1) is 11.8 Å². The summed E-state index contributed by atoms with van der Waals surface area (Å²) in [4.78, 5) is 23.2. The Morgan fingerprint density at radius 3 is 2.21 bits per heavy atom. The quantitative estimate of drug-likeness (QED) is 0.799. The van der Waals surface area contributed by atoms with Gasteiger partial charge in [-0.25, -0.2) is 0 Å². The highest BCUT2D eigenvalue weighted by molar-refractivity contribution is 6.02. The van der Waals surface area contributed by atoms with Crippen LogP contribution in [0.3, 0.4) is 0 Å². The number of ether oxygens (including phenoxy) is 2. The number of carboxylic acids is 1. The van der Waals surface area contributed by atoms with Gasteiger partial charge in [-0.2, -0.15) is 0 Å². The number of carbonyl (C=O) groups is 2. The minimum absolute atomic E-state index is 0.255. The van der Waals surface area contributed by atoms with Gasteiger partial charge in [0.1, 0.15) is 11.5 Å². The average Bonchev–Trinajstić information content (AvgIpc) is 2.43. The van der Waals surface area contributed by atoms with Gasteiger partial charge in [0, 0.05) is 12.0 Å². The third kappa shape index (κ3) is 3.24. The molecule has 0 radical (unpaired) electrons. The number of carbonyl (C=O) groups excluding carboxylic acids is 1. The Morgan fingerprint density at radius 2 is 1.74 bits per heavy atom. The van der Waals surface area contributed by atoms with E-state index in [1.165, 1.54) is 21.1 Å². The molecule has 104 valence electrons. The first-order valence-corrected chi connectivity index (χ1v) is 5.91. The fourth-order valence-electron chi connectivity index (χ4n) is 1.69. The molecule has 1 aromatic carbocycles. The van der Waals surface area contributed by atoms with E-state index in [4.69, 9.17) is 14.6 Å². The highest BCUT2D eigenvalue weighted by Crippen LogP contribution is 2.28. The summed E-state index contributed by atoms with van der Waals surface area (Å²) in [6, 6.07) is 4.84. The Morgan fingerprint density at radius 1 is 1.11 bits per heavy atom. The fourth-order valence-corrected chi connectivity index (χ4v) is 1.69. The normalized spacial score (nSPS) is 13.5. The Labute approximate surface area is 112 Å². The Hall–Kier alpha value is -2.04. The molecule has 1 N–H and O–H groups in total. The second-order valence-corrected chi connectivity index (χ2v) is 4.35. The lowest BCUT2D eigenvalue weighted by Crippen LogP contribution is -2.25. The highest BCUT2D eigenvalue weighted by Gasteiger charge is 2.28. The number of hydrogen-bond acceptors (Lipinski definition) is 4. The molecule has 0 saturated heterocycles. The van der Waals surface area contributed by atoms with Crippen molar-refractivity contribution in [1.82, 2.24) is 0 Å². The molecule has 2 unspecified atom stereocenters. The smallest absolute Gasteiger partial charge is 0.306 e. The number of benzene rings is 1. The molecule has 0 amide bonds. The van der Waals surface area contributed by atoms with Crippen molar-refractivity contribution in [3.8, 4) is 11.5 Å². The molecule has 2 atom stereocenters. The lowest BCUT2D eigenvalue weighted by atomic mass is 9.88. The standard InChI is InChI=1S/C14H18O5/c1-8(9(2)14(16)17)13(15)11-6-5-10(18-3)7-12(11)19-4/h5-9H,1-4H3,(H,16,17). The van der Waals surface area contributed by atoms with Crippen molar-refractivity contribution >= 4 is 11.8 Å². The second kappa shape index (κ2) is 6.22. The number of ketones is 1. The van der Waals surface area contributed by atoms with Crippen LogP contribution in [0.1, 0.15) is 24.2 Å². The van der Waals surface area contributed by atoms with Gasteiger partial charge in [0.2, 0.25) is 0 Å². The topological polar surface area (TPSA) is 72.8 Å². The van der Waals surface area contributed by atoms with Crippen LogP contribution in [0.25, 0.3) is 0 Å². The summed E-state index contributed by atoms with van der Waals surface area (Å²) < 4.78 is 10.2. The van der Waals surface area contributed by atoms with E-state index in [2.05, 4.69) is 0 Å². The number of carboxylic acid groups (broad SMARTS) is 1. The minimum atomic E-state index is -0.992. The highest BCUT2D eigenvalue weighted by atomic mass is 16.5. The van der Waals surface area contributed by atoms with Crippen LogP contribution in [0.15, 0.2) is 18.2 Å². The summed E-state index contributed by atoms with van der Waals surface area (Å²) >= 11 is 0. The molecule has 1 rings (SSSR count). The van der Waals surface area contributed by atoms with Crippen molar-refractivity contribution in [2.24, 2.45) is 11.8 Å². The lowest BCUT2D eigenvalue weighted by Gasteiger charge is -2.17. The molecule has 1 aromatic rings. The molecular formula is C14H18O5. The van der Waals surface area contributed by atoms with E-state index in [0.29, 0.717) is 17.1 Å². The summed E-state index contributed by atoms with van der Waals surface area (Å²) in [5, 5.41) is 8.95. The molecule has 0 spiro atoms. The van der Waals surface area contributed by atoms with Crippen molar-refractivity contribution in [2.45, 2.75) is 13.8 Å². The van der Waals surface area contributed by atoms with Crippen molar-refractivity contribution in [3.63, 3.8) is 0 Å². The van der Waals surface area contributed by atoms with Crippen molar-refractivity contribution < 1.29 is 24.2 Å². The van der Waals surface area contributed by atoms with Crippen molar-refractivity contribution in [1.29, 1.82) is 0 Å². The summed E-state index contributed by atoms with van der Waals surface area (Å²) in [6.45, 7) is 3.12. The van der Waals surface area contributed by atoms with Gasteiger partial charge in [-0.15, -0.1) is 0 Å². The molecule has 0 aliphatic carbocycles. The first kappa shape index (κ1) is 15.0. The maximum atomic E-state index is 12.3. The predicted octanol–water partition coefficient (Wildman–Crippen LogP) is 2.24. The first-order valence-electron chi connectivity index (χ1n) is 5.91. The van der Waals surface area contributed by atoms with Gasteiger partial charge in [-0.05, 0) is 12.1 Å². The van der Waals surface area contributed by atoms with Crippen LogP contribution in [-0.4, -0.2) is 31.1 Å². The monoisotopic (exact) mass is 266 g/mol. The second-order valence-electron chi connectivity index (χ2n) is 4.35. The maximum Gasteiger partial charge on any atom is 0.306 e. The van der Waals surface area contributed by atoms with Crippen LogP contribution in [-0.2, 0) is 4.79 Å². The van der Waals surface area contributed by atoms with Gasteiger partial charge in [0.25, 0.3) is 0 Å². The number of rotatable bonds is 6. The summed E-state index contributed by atoms with van der Waals surface area (Å²) in [5.41, 5.74) is 0.365.